The first-order chi connectivity index (χ1) is 17.9. The predicted octanol–water partition coefficient (Wildman–Crippen LogP) is 1.22. The maximum Gasteiger partial charge on any atom is 0.273 e. The van der Waals surface area contributed by atoms with E-state index < -0.39 is 36.8 Å². The summed E-state index contributed by atoms with van der Waals surface area (Å²) in [6, 6.07) is 2.84. The molecular weight excluding hydrogens is 426 g/mol. The number of nitrogens with one attached hydrogen (secondary N) is 3. The van der Waals surface area contributed by atoms with Crippen LogP contribution in [0.5, 0.6) is 5.75 Å². The fraction of sp³-hybridized carbons (Fsp3) is 0.286. The van der Waals surface area contributed by atoms with Gasteiger partial charge in [-0.3, -0.25) is 9.59 Å². The fourth-order valence-corrected chi connectivity index (χ4v) is 2.87. The number of terminal acetylenes is 1. The number of methoxy groups -OCH3 is 1. The van der Waals surface area contributed by atoms with Gasteiger partial charge in [0.1, 0.15) is 12.9 Å². The average Bonchev–Trinajstić information content (AvgIpc) is 3.24. The molecule has 1 saturated carbocycles. The maximum absolute atomic E-state index is 12.7. The molecule has 1 atom stereocenters. The Morgan fingerprint density at radius 1 is 1.42 bits per heavy atom. The Morgan fingerprint density at radius 3 is 3.00 bits per heavy atom. The van der Waals surface area contributed by atoms with Gasteiger partial charge in [-0.25, -0.2) is 14.6 Å². The van der Waals surface area contributed by atoms with Crippen molar-refractivity contribution in [2.24, 2.45) is 5.92 Å². The highest BCUT2D eigenvalue weighted by Gasteiger charge is 2.30. The molecule has 1 fully saturated rings. The van der Waals surface area contributed by atoms with Crippen molar-refractivity contribution in [3.63, 3.8) is 0 Å². The Morgan fingerprint density at radius 2 is 2.27 bits per heavy atom. The van der Waals surface area contributed by atoms with Gasteiger partial charge in [0.15, 0.2) is 28.9 Å². The van der Waals surface area contributed by atoms with E-state index in [4.69, 9.17) is 18.0 Å². The molecule has 1 aliphatic carbocycles. The molecule has 0 radical (unpaired) electrons. The Labute approximate surface area is 196 Å². The normalized spacial score (nSPS) is 18.3. The second-order valence-corrected chi connectivity index (χ2v) is 6.73. The van der Waals surface area contributed by atoms with Crippen LogP contribution in [0.4, 0.5) is 17.3 Å². The van der Waals surface area contributed by atoms with Crippen molar-refractivity contribution in [1.82, 2.24) is 35.3 Å². The van der Waals surface area contributed by atoms with Crippen LogP contribution in [0.3, 0.4) is 0 Å². The molecular formula is C21H21N9O3. The lowest BCUT2D eigenvalue weighted by atomic mass is 10.2. The van der Waals surface area contributed by atoms with Crippen molar-refractivity contribution in [3.8, 4) is 29.5 Å². The summed E-state index contributed by atoms with van der Waals surface area (Å²) in [5, 5.41) is 19.0. The number of aromatic nitrogens is 6. The Kier molecular flexibility index (Phi) is 4.56. The van der Waals surface area contributed by atoms with E-state index in [1.165, 1.54) is 30.4 Å². The topological polar surface area (TPSA) is 149 Å². The lowest BCUT2D eigenvalue weighted by Gasteiger charge is -2.15. The van der Waals surface area contributed by atoms with Crippen molar-refractivity contribution in [2.75, 3.05) is 24.7 Å². The largest absolute Gasteiger partial charge is 0.492 e. The Balaban J connectivity index is 1.70. The number of nitrogens with zero attached hydrogens (tertiary/aromatic N) is 6. The smallest absolute Gasteiger partial charge is 0.273 e. The van der Waals surface area contributed by atoms with E-state index in [0.29, 0.717) is 5.56 Å². The van der Waals surface area contributed by atoms with Gasteiger partial charge < -0.3 is 20.7 Å². The number of amides is 2. The van der Waals surface area contributed by atoms with Crippen LogP contribution < -0.4 is 20.7 Å². The number of hydrogen-bond acceptors (Lipinski definition) is 9. The van der Waals surface area contributed by atoms with E-state index in [1.54, 1.807) is 6.07 Å². The molecule has 2 amide bonds. The summed E-state index contributed by atoms with van der Waals surface area (Å²) in [6.45, 7) is -2.60. The van der Waals surface area contributed by atoms with Crippen LogP contribution in [0.1, 0.15) is 30.1 Å². The zero-order valence-electron chi connectivity index (χ0n) is 22.3. The second-order valence-electron chi connectivity index (χ2n) is 6.73. The van der Waals surface area contributed by atoms with E-state index in [0.717, 1.165) is 0 Å². The van der Waals surface area contributed by atoms with Crippen molar-refractivity contribution in [3.05, 3.63) is 30.4 Å². The molecule has 3 aromatic heterocycles. The minimum Gasteiger partial charge on any atom is -0.492 e. The van der Waals surface area contributed by atoms with Crippen LogP contribution in [0.25, 0.3) is 11.4 Å². The van der Waals surface area contributed by atoms with Crippen LogP contribution in [0.2, 0.25) is 0 Å². The molecule has 0 bridgehead atoms. The standard InChI is InChI=1S/C21H21N9O3/c1-4-9-30-11-24-18(29-30)13-7-8-23-19(17(13)33-3)25-14-10-15(26-20(31)12-5-6-12)27-28-16(14)21(32)22-2/h1,7-8,10-12H,5-6,9H2,2-3H3,(H,22,32)(H2,23,25,26,27,31)/i2D3,5D2. The number of pyridine rings is 1. The molecule has 0 saturated heterocycles. The van der Waals surface area contributed by atoms with E-state index in [2.05, 4.69) is 41.8 Å². The molecule has 1 unspecified atom stereocenters. The van der Waals surface area contributed by atoms with Crippen molar-refractivity contribution in [2.45, 2.75) is 19.3 Å². The maximum atomic E-state index is 12.7. The minimum absolute atomic E-state index is 0.0650. The Bertz CT molecular complexity index is 1430. The highest BCUT2D eigenvalue weighted by Crippen LogP contribution is 2.35. The number of carbonyl (C=O) groups is 2. The molecule has 0 spiro atoms. The van der Waals surface area contributed by atoms with Gasteiger partial charge in [0.05, 0.1) is 18.4 Å². The summed E-state index contributed by atoms with van der Waals surface area (Å²) in [6.07, 6.45) is 6.65. The molecule has 12 heteroatoms. The first kappa shape index (κ1) is 16.2. The third kappa shape index (κ3) is 4.72. The molecule has 0 aliphatic heterocycles. The molecule has 0 aromatic carbocycles. The SMILES string of the molecule is [2H]C([2H])([2H])NC(=O)c1nnc(NC(=O)C2CC2([2H])[2H])cc1Nc1nccc(-c2ncn(CC#C)n2)c1OC. The van der Waals surface area contributed by atoms with Crippen LogP contribution in [0.15, 0.2) is 24.7 Å². The molecule has 33 heavy (non-hydrogen) atoms. The first-order valence-electron chi connectivity index (χ1n) is 12.1. The van der Waals surface area contributed by atoms with Gasteiger partial charge in [-0.05, 0) is 18.9 Å². The number of anilines is 3. The molecule has 168 valence electrons. The summed E-state index contributed by atoms with van der Waals surface area (Å²) >= 11 is 0. The molecule has 4 rings (SSSR count). The first-order valence-corrected chi connectivity index (χ1v) is 9.56. The zero-order valence-corrected chi connectivity index (χ0v) is 17.3. The van der Waals surface area contributed by atoms with E-state index in [1.807, 2.05) is 5.32 Å². The van der Waals surface area contributed by atoms with Crippen molar-refractivity contribution in [1.29, 1.82) is 0 Å². The summed E-state index contributed by atoms with van der Waals surface area (Å²) in [5.74, 6) is 0.374. The van der Waals surface area contributed by atoms with Gasteiger partial charge in [-0.2, -0.15) is 0 Å². The third-order valence-electron chi connectivity index (χ3n) is 4.49. The molecule has 1 aliphatic rings. The highest BCUT2D eigenvalue weighted by molar-refractivity contribution is 5.99. The van der Waals surface area contributed by atoms with Crippen LogP contribution in [0, 0.1) is 18.3 Å². The summed E-state index contributed by atoms with van der Waals surface area (Å²) < 4.78 is 44.2. The van der Waals surface area contributed by atoms with Crippen molar-refractivity contribution < 1.29 is 21.2 Å². The van der Waals surface area contributed by atoms with Crippen LogP contribution in [-0.4, -0.2) is 55.8 Å². The summed E-state index contributed by atoms with van der Waals surface area (Å²) in [7, 11) is 1.38. The minimum atomic E-state index is -2.81. The van der Waals surface area contributed by atoms with Crippen LogP contribution in [-0.2, 0) is 11.3 Å². The van der Waals surface area contributed by atoms with Crippen molar-refractivity contribution >= 4 is 29.1 Å². The lowest BCUT2D eigenvalue weighted by molar-refractivity contribution is -0.117. The molecule has 12 nitrogen and oxygen atoms in total. The van der Waals surface area contributed by atoms with Gasteiger partial charge in [-0.15, -0.1) is 21.7 Å². The van der Waals surface area contributed by atoms with Gasteiger partial charge in [0.25, 0.3) is 5.91 Å². The van der Waals surface area contributed by atoms with E-state index in [-0.39, 0.29) is 41.9 Å². The Hall–Kier alpha value is -4.53. The quantitative estimate of drug-likeness (QED) is 0.429. The third-order valence-corrected chi connectivity index (χ3v) is 4.49. The molecule has 3 N–H and O–H groups in total. The highest BCUT2D eigenvalue weighted by atomic mass is 16.5. The number of hydrogen-bond donors (Lipinski definition) is 3. The van der Waals surface area contributed by atoms with Gasteiger partial charge in [0.2, 0.25) is 5.91 Å². The lowest BCUT2D eigenvalue weighted by Crippen LogP contribution is -2.22. The zero-order chi connectivity index (χ0) is 27.7. The number of ether oxygens (including phenoxy) is 1. The van der Waals surface area contributed by atoms with Gasteiger partial charge in [-0.1, -0.05) is 5.92 Å². The molecule has 3 aromatic rings. The average molecular weight is 452 g/mol. The monoisotopic (exact) mass is 452 g/mol. The predicted molar refractivity (Wildman–Crippen MR) is 119 cm³/mol. The number of rotatable bonds is 8. The fourth-order valence-electron chi connectivity index (χ4n) is 2.87. The van der Waals surface area contributed by atoms with E-state index >= 15 is 0 Å². The number of carbonyl (C=O) groups excluding carboxylic acids is 2. The van der Waals surface area contributed by atoms with Gasteiger partial charge >= 0.3 is 0 Å². The summed E-state index contributed by atoms with van der Waals surface area (Å²) in [4.78, 5) is 33.5. The van der Waals surface area contributed by atoms with Crippen LogP contribution >= 0.6 is 0 Å². The van der Waals surface area contributed by atoms with Gasteiger partial charge in [0, 0.05) is 32.0 Å². The van der Waals surface area contributed by atoms with E-state index in [9.17, 15) is 9.59 Å². The summed E-state index contributed by atoms with van der Waals surface area (Å²) in [5.41, 5.74) is -0.0445. The molecule has 3 heterocycles. The second kappa shape index (κ2) is 9.31.